The van der Waals surface area contributed by atoms with E-state index in [-0.39, 0.29) is 5.82 Å². The Morgan fingerprint density at radius 2 is 1.83 bits per heavy atom. The zero-order chi connectivity index (χ0) is 12.5. The Labute approximate surface area is 104 Å². The molecule has 0 atom stereocenters. The Bertz CT molecular complexity index is 723. The normalized spacial score (nSPS) is 10.7. The summed E-state index contributed by atoms with van der Waals surface area (Å²) in [5.74, 6) is -0.327. The van der Waals surface area contributed by atoms with Crippen LogP contribution in [0, 0.1) is 5.82 Å². The number of nitrogen functional groups attached to an aromatic ring is 1. The molecule has 0 aliphatic heterocycles. The summed E-state index contributed by atoms with van der Waals surface area (Å²) in [6.07, 6.45) is 1.68. The first-order valence-corrected chi connectivity index (χ1v) is 5.64. The summed E-state index contributed by atoms with van der Waals surface area (Å²) < 4.78 is 13.8. The minimum Gasteiger partial charge on any atom is -0.399 e. The number of para-hydroxylation sites is 1. The monoisotopic (exact) mass is 238 g/mol. The molecule has 0 saturated carbocycles. The molecule has 1 heterocycles. The summed E-state index contributed by atoms with van der Waals surface area (Å²) >= 11 is 0. The lowest BCUT2D eigenvalue weighted by atomic mass is 10.0. The highest BCUT2D eigenvalue weighted by Gasteiger charge is 2.06. The largest absolute Gasteiger partial charge is 0.399 e. The highest BCUT2D eigenvalue weighted by Crippen LogP contribution is 2.26. The summed E-state index contributed by atoms with van der Waals surface area (Å²) in [6.45, 7) is 0. The molecule has 0 bridgehead atoms. The fourth-order valence-electron chi connectivity index (χ4n) is 1.98. The number of benzene rings is 2. The second-order valence-corrected chi connectivity index (χ2v) is 4.16. The van der Waals surface area contributed by atoms with Gasteiger partial charge in [0.25, 0.3) is 0 Å². The van der Waals surface area contributed by atoms with Crippen LogP contribution >= 0.6 is 0 Å². The first kappa shape index (κ1) is 10.7. The van der Waals surface area contributed by atoms with E-state index in [1.807, 2.05) is 30.3 Å². The molecule has 1 aromatic heterocycles. The smallest absolute Gasteiger partial charge is 0.133 e. The van der Waals surface area contributed by atoms with Crippen LogP contribution < -0.4 is 5.73 Å². The van der Waals surface area contributed by atoms with Gasteiger partial charge in [-0.3, -0.25) is 4.98 Å². The average Bonchev–Trinajstić information content (AvgIpc) is 2.38. The summed E-state index contributed by atoms with van der Waals surface area (Å²) in [4.78, 5) is 4.32. The molecule has 0 spiro atoms. The van der Waals surface area contributed by atoms with Crippen molar-refractivity contribution in [2.45, 2.75) is 0 Å². The number of anilines is 1. The number of nitrogens with two attached hydrogens (primary N) is 1. The molecule has 3 aromatic rings. The molecule has 2 nitrogen and oxygen atoms in total. The highest BCUT2D eigenvalue weighted by molar-refractivity contribution is 5.83. The Hall–Kier alpha value is -2.42. The fourth-order valence-corrected chi connectivity index (χ4v) is 1.98. The van der Waals surface area contributed by atoms with Crippen LogP contribution in [-0.4, -0.2) is 4.98 Å². The minimum atomic E-state index is -0.327. The molecule has 0 fully saturated rings. The molecule has 2 N–H and O–H groups in total. The van der Waals surface area contributed by atoms with Gasteiger partial charge in [0, 0.05) is 28.4 Å². The van der Waals surface area contributed by atoms with E-state index >= 15 is 0 Å². The number of hydrogen-bond acceptors (Lipinski definition) is 2. The molecule has 0 radical (unpaired) electrons. The van der Waals surface area contributed by atoms with Crippen LogP contribution in [0.25, 0.3) is 22.0 Å². The zero-order valence-electron chi connectivity index (χ0n) is 9.60. The van der Waals surface area contributed by atoms with E-state index < -0.39 is 0 Å². The zero-order valence-corrected chi connectivity index (χ0v) is 9.60. The fraction of sp³-hybridized carbons (Fsp3) is 0. The van der Waals surface area contributed by atoms with E-state index in [1.54, 1.807) is 18.3 Å². The number of halogens is 1. The van der Waals surface area contributed by atoms with Crippen molar-refractivity contribution in [2.75, 3.05) is 5.73 Å². The van der Waals surface area contributed by atoms with E-state index in [0.717, 1.165) is 16.5 Å². The van der Waals surface area contributed by atoms with Gasteiger partial charge in [-0.2, -0.15) is 0 Å². The molecule has 0 saturated heterocycles. The van der Waals surface area contributed by atoms with Crippen molar-refractivity contribution in [3.8, 4) is 11.1 Å². The highest BCUT2D eigenvalue weighted by atomic mass is 19.1. The summed E-state index contributed by atoms with van der Waals surface area (Å²) in [5, 5.41) is 0.992. The molecule has 0 aliphatic rings. The third-order valence-corrected chi connectivity index (χ3v) is 2.89. The van der Waals surface area contributed by atoms with Crippen molar-refractivity contribution >= 4 is 16.6 Å². The molecule has 2 aromatic carbocycles. The number of hydrogen-bond donors (Lipinski definition) is 1. The Balaban J connectivity index is 2.19. The SMILES string of the molecule is Nc1ccc(-c2cnc3ccccc3c2)c(F)c1. The van der Waals surface area contributed by atoms with Crippen LogP contribution in [0.4, 0.5) is 10.1 Å². The Morgan fingerprint density at radius 1 is 1.00 bits per heavy atom. The van der Waals surface area contributed by atoms with Crippen molar-refractivity contribution in [1.82, 2.24) is 4.98 Å². The number of fused-ring (bicyclic) bond motifs is 1. The Kier molecular flexibility index (Phi) is 2.45. The van der Waals surface area contributed by atoms with Crippen LogP contribution in [-0.2, 0) is 0 Å². The van der Waals surface area contributed by atoms with Crippen LogP contribution in [0.3, 0.4) is 0 Å². The van der Waals surface area contributed by atoms with Gasteiger partial charge in [0.05, 0.1) is 5.52 Å². The van der Waals surface area contributed by atoms with Crippen LogP contribution in [0.2, 0.25) is 0 Å². The van der Waals surface area contributed by atoms with Gasteiger partial charge < -0.3 is 5.73 Å². The van der Waals surface area contributed by atoms with Gasteiger partial charge in [0.2, 0.25) is 0 Å². The maximum absolute atomic E-state index is 13.8. The third kappa shape index (κ3) is 1.80. The second kappa shape index (κ2) is 4.11. The molecular weight excluding hydrogens is 227 g/mol. The van der Waals surface area contributed by atoms with E-state index in [2.05, 4.69) is 4.98 Å². The molecular formula is C15H11FN2. The van der Waals surface area contributed by atoms with Crippen molar-refractivity contribution in [2.24, 2.45) is 0 Å². The van der Waals surface area contributed by atoms with Gasteiger partial charge in [-0.1, -0.05) is 18.2 Å². The number of rotatable bonds is 1. The molecule has 88 valence electrons. The van der Waals surface area contributed by atoms with Crippen LogP contribution in [0.1, 0.15) is 0 Å². The maximum Gasteiger partial charge on any atom is 0.133 e. The molecule has 0 aliphatic carbocycles. The van der Waals surface area contributed by atoms with Crippen LogP contribution in [0.5, 0.6) is 0 Å². The molecule has 0 amide bonds. The first-order chi connectivity index (χ1) is 8.74. The predicted octanol–water partition coefficient (Wildman–Crippen LogP) is 3.62. The van der Waals surface area contributed by atoms with Crippen molar-refractivity contribution in [3.63, 3.8) is 0 Å². The van der Waals surface area contributed by atoms with Gasteiger partial charge in [-0.15, -0.1) is 0 Å². The maximum atomic E-state index is 13.8. The molecule has 3 rings (SSSR count). The summed E-state index contributed by atoms with van der Waals surface area (Å²) in [5.41, 5.74) is 8.13. The number of aromatic nitrogens is 1. The topological polar surface area (TPSA) is 38.9 Å². The summed E-state index contributed by atoms with van der Waals surface area (Å²) in [7, 11) is 0. The molecule has 18 heavy (non-hydrogen) atoms. The van der Waals surface area contributed by atoms with Gasteiger partial charge >= 0.3 is 0 Å². The minimum absolute atomic E-state index is 0.327. The second-order valence-electron chi connectivity index (χ2n) is 4.16. The average molecular weight is 238 g/mol. The van der Waals surface area contributed by atoms with Crippen molar-refractivity contribution < 1.29 is 4.39 Å². The lowest BCUT2D eigenvalue weighted by Crippen LogP contribution is -1.90. The quantitative estimate of drug-likeness (QED) is 0.657. The van der Waals surface area contributed by atoms with E-state index in [4.69, 9.17) is 5.73 Å². The van der Waals surface area contributed by atoms with Crippen molar-refractivity contribution in [1.29, 1.82) is 0 Å². The van der Waals surface area contributed by atoms with E-state index in [1.165, 1.54) is 6.07 Å². The lowest BCUT2D eigenvalue weighted by Gasteiger charge is -2.05. The standard InChI is InChI=1S/C15H11FN2/c16-14-8-12(17)5-6-13(14)11-7-10-3-1-2-4-15(10)18-9-11/h1-9H,17H2. The lowest BCUT2D eigenvalue weighted by molar-refractivity contribution is 0.632. The predicted molar refractivity (Wildman–Crippen MR) is 71.5 cm³/mol. The van der Waals surface area contributed by atoms with Crippen molar-refractivity contribution in [3.05, 3.63) is 60.5 Å². The number of pyridine rings is 1. The van der Waals surface area contributed by atoms with Gasteiger partial charge in [-0.25, -0.2) is 4.39 Å². The van der Waals surface area contributed by atoms with E-state index in [9.17, 15) is 4.39 Å². The number of nitrogens with zero attached hydrogens (tertiary/aromatic N) is 1. The molecule has 0 unspecified atom stereocenters. The Morgan fingerprint density at radius 3 is 2.67 bits per heavy atom. The molecule has 3 heteroatoms. The van der Waals surface area contributed by atoms with Gasteiger partial charge in [0.15, 0.2) is 0 Å². The first-order valence-electron chi connectivity index (χ1n) is 5.64. The summed E-state index contributed by atoms with van der Waals surface area (Å²) in [6, 6.07) is 14.4. The van der Waals surface area contributed by atoms with Gasteiger partial charge in [0.1, 0.15) is 5.82 Å². The third-order valence-electron chi connectivity index (χ3n) is 2.89. The van der Waals surface area contributed by atoms with Crippen LogP contribution in [0.15, 0.2) is 54.7 Å². The van der Waals surface area contributed by atoms with E-state index in [0.29, 0.717) is 11.3 Å². The van der Waals surface area contributed by atoms with Gasteiger partial charge in [-0.05, 0) is 30.3 Å².